The van der Waals surface area contributed by atoms with Gasteiger partial charge < -0.3 is 11.1 Å². The van der Waals surface area contributed by atoms with E-state index in [1.807, 2.05) is 26.8 Å². The van der Waals surface area contributed by atoms with Crippen molar-refractivity contribution in [1.29, 1.82) is 0 Å². The highest BCUT2D eigenvalue weighted by Crippen LogP contribution is 2.20. The van der Waals surface area contributed by atoms with Gasteiger partial charge in [0.2, 0.25) is 5.91 Å². The van der Waals surface area contributed by atoms with Crippen LogP contribution in [0.1, 0.15) is 19.4 Å². The summed E-state index contributed by atoms with van der Waals surface area (Å²) in [6.07, 6.45) is 0. The SMILES string of the molecule is Cc1cc(Cl)ccc1NC(=O)C(C)C(C)N.Cl. The van der Waals surface area contributed by atoms with Gasteiger partial charge in [-0.25, -0.2) is 0 Å². The van der Waals surface area contributed by atoms with E-state index in [9.17, 15) is 4.79 Å². The van der Waals surface area contributed by atoms with Crippen molar-refractivity contribution in [2.24, 2.45) is 11.7 Å². The second-order valence-corrected chi connectivity index (χ2v) is 4.53. The molecule has 2 atom stereocenters. The van der Waals surface area contributed by atoms with E-state index in [2.05, 4.69) is 5.32 Å². The van der Waals surface area contributed by atoms with E-state index in [-0.39, 0.29) is 30.3 Å². The minimum absolute atomic E-state index is 0. The van der Waals surface area contributed by atoms with E-state index in [1.54, 1.807) is 12.1 Å². The van der Waals surface area contributed by atoms with Gasteiger partial charge in [0.1, 0.15) is 0 Å². The number of nitrogens with two attached hydrogens (primary N) is 1. The van der Waals surface area contributed by atoms with Gasteiger partial charge in [0.25, 0.3) is 0 Å². The maximum atomic E-state index is 11.8. The number of hydrogen-bond donors (Lipinski definition) is 2. The Hall–Kier alpha value is -0.770. The zero-order valence-corrected chi connectivity index (χ0v) is 11.7. The third-order valence-corrected chi connectivity index (χ3v) is 2.88. The molecule has 1 aromatic carbocycles. The van der Waals surface area contributed by atoms with Gasteiger partial charge in [0.05, 0.1) is 5.92 Å². The first kappa shape index (κ1) is 16.2. The van der Waals surface area contributed by atoms with Crippen molar-refractivity contribution in [3.8, 4) is 0 Å². The number of rotatable bonds is 3. The number of benzene rings is 1. The van der Waals surface area contributed by atoms with Gasteiger partial charge in [0, 0.05) is 16.8 Å². The molecule has 17 heavy (non-hydrogen) atoms. The van der Waals surface area contributed by atoms with E-state index < -0.39 is 0 Å². The maximum absolute atomic E-state index is 11.8. The molecule has 0 heterocycles. The molecule has 0 aliphatic rings. The first-order chi connectivity index (χ1) is 7.41. The normalized spacial score (nSPS) is 13.5. The van der Waals surface area contributed by atoms with E-state index >= 15 is 0 Å². The lowest BCUT2D eigenvalue weighted by Gasteiger charge is -2.16. The Labute approximate surface area is 113 Å². The summed E-state index contributed by atoms with van der Waals surface area (Å²) >= 11 is 5.83. The second kappa shape index (κ2) is 6.84. The summed E-state index contributed by atoms with van der Waals surface area (Å²) in [7, 11) is 0. The molecule has 0 spiro atoms. The minimum Gasteiger partial charge on any atom is -0.327 e. The minimum atomic E-state index is -0.213. The summed E-state index contributed by atoms with van der Waals surface area (Å²) in [4.78, 5) is 11.8. The molecule has 0 fully saturated rings. The second-order valence-electron chi connectivity index (χ2n) is 4.10. The number of aryl methyl sites for hydroxylation is 1. The van der Waals surface area contributed by atoms with Crippen LogP contribution in [0.5, 0.6) is 0 Å². The Kier molecular flexibility index (Phi) is 6.53. The molecule has 5 heteroatoms. The largest absolute Gasteiger partial charge is 0.327 e. The molecule has 3 N–H and O–H groups in total. The number of nitrogens with one attached hydrogen (secondary N) is 1. The molecule has 1 rings (SSSR count). The van der Waals surface area contributed by atoms with Crippen LogP contribution in [0.2, 0.25) is 5.02 Å². The predicted molar refractivity (Wildman–Crippen MR) is 74.9 cm³/mol. The molecule has 0 aliphatic heterocycles. The Balaban J connectivity index is 0.00000256. The van der Waals surface area contributed by atoms with Crippen LogP contribution in [0.3, 0.4) is 0 Å². The van der Waals surface area contributed by atoms with Gasteiger partial charge >= 0.3 is 0 Å². The number of anilines is 1. The van der Waals surface area contributed by atoms with Crippen LogP contribution in [-0.4, -0.2) is 11.9 Å². The molecule has 0 aromatic heterocycles. The summed E-state index contributed by atoms with van der Waals surface area (Å²) in [5.74, 6) is -0.282. The summed E-state index contributed by atoms with van der Waals surface area (Å²) in [6, 6.07) is 5.20. The highest BCUT2D eigenvalue weighted by Gasteiger charge is 2.17. The first-order valence-corrected chi connectivity index (χ1v) is 5.62. The molecule has 0 saturated carbocycles. The maximum Gasteiger partial charge on any atom is 0.228 e. The number of hydrogen-bond acceptors (Lipinski definition) is 2. The number of halogens is 2. The monoisotopic (exact) mass is 276 g/mol. The van der Waals surface area contributed by atoms with Gasteiger partial charge in [-0.05, 0) is 37.6 Å². The first-order valence-electron chi connectivity index (χ1n) is 5.24. The van der Waals surface area contributed by atoms with Gasteiger partial charge in [-0.15, -0.1) is 12.4 Å². The van der Waals surface area contributed by atoms with E-state index in [4.69, 9.17) is 17.3 Å². The lowest BCUT2D eigenvalue weighted by Crippen LogP contribution is -2.34. The van der Waals surface area contributed by atoms with Crippen molar-refractivity contribution >= 4 is 35.6 Å². The van der Waals surface area contributed by atoms with Gasteiger partial charge in [-0.3, -0.25) is 4.79 Å². The van der Waals surface area contributed by atoms with Crippen molar-refractivity contribution in [3.05, 3.63) is 28.8 Å². The molecule has 0 aliphatic carbocycles. The Bertz CT molecular complexity index is 394. The third kappa shape index (κ3) is 4.54. The number of carbonyl (C=O) groups is 1. The smallest absolute Gasteiger partial charge is 0.228 e. The fourth-order valence-corrected chi connectivity index (χ4v) is 1.48. The van der Waals surface area contributed by atoms with E-state index in [1.165, 1.54) is 0 Å². The average Bonchev–Trinajstić information content (AvgIpc) is 2.20. The van der Waals surface area contributed by atoms with Crippen molar-refractivity contribution in [2.45, 2.75) is 26.8 Å². The lowest BCUT2D eigenvalue weighted by atomic mass is 10.0. The number of amides is 1. The molecule has 1 aromatic rings. The van der Waals surface area contributed by atoms with Gasteiger partial charge in [-0.2, -0.15) is 0 Å². The van der Waals surface area contributed by atoms with Crippen molar-refractivity contribution in [2.75, 3.05) is 5.32 Å². The molecule has 0 saturated heterocycles. The van der Waals surface area contributed by atoms with Crippen LogP contribution in [0.4, 0.5) is 5.69 Å². The molecule has 0 radical (unpaired) electrons. The van der Waals surface area contributed by atoms with Crippen molar-refractivity contribution < 1.29 is 4.79 Å². The predicted octanol–water partition coefficient (Wildman–Crippen LogP) is 2.99. The summed E-state index contributed by atoms with van der Waals surface area (Å²) < 4.78 is 0. The molecule has 1 amide bonds. The van der Waals surface area contributed by atoms with E-state index in [0.29, 0.717) is 5.02 Å². The van der Waals surface area contributed by atoms with Gasteiger partial charge in [0.15, 0.2) is 0 Å². The molecule has 0 bridgehead atoms. The van der Waals surface area contributed by atoms with Crippen molar-refractivity contribution in [1.82, 2.24) is 0 Å². The summed E-state index contributed by atoms with van der Waals surface area (Å²) in [5, 5.41) is 3.50. The highest BCUT2D eigenvalue weighted by atomic mass is 35.5. The zero-order valence-electron chi connectivity index (χ0n) is 10.2. The fourth-order valence-electron chi connectivity index (χ4n) is 1.25. The van der Waals surface area contributed by atoms with Crippen LogP contribution in [0.15, 0.2) is 18.2 Å². The zero-order chi connectivity index (χ0) is 12.3. The van der Waals surface area contributed by atoms with Crippen LogP contribution >= 0.6 is 24.0 Å². The molecule has 96 valence electrons. The fraction of sp³-hybridized carbons (Fsp3) is 0.417. The Morgan fingerprint density at radius 1 is 1.41 bits per heavy atom. The average molecular weight is 277 g/mol. The topological polar surface area (TPSA) is 55.1 Å². The highest BCUT2D eigenvalue weighted by molar-refractivity contribution is 6.30. The summed E-state index contributed by atoms with van der Waals surface area (Å²) in [6.45, 7) is 5.53. The van der Waals surface area contributed by atoms with Gasteiger partial charge in [-0.1, -0.05) is 18.5 Å². The van der Waals surface area contributed by atoms with Crippen LogP contribution < -0.4 is 11.1 Å². The Morgan fingerprint density at radius 3 is 2.47 bits per heavy atom. The van der Waals surface area contributed by atoms with Crippen molar-refractivity contribution in [3.63, 3.8) is 0 Å². The molecule has 3 nitrogen and oxygen atoms in total. The Morgan fingerprint density at radius 2 is 2.00 bits per heavy atom. The number of carbonyl (C=O) groups excluding carboxylic acids is 1. The van der Waals surface area contributed by atoms with Crippen LogP contribution in [0.25, 0.3) is 0 Å². The molecular weight excluding hydrogens is 259 g/mol. The standard InChI is InChI=1S/C12H17ClN2O.ClH/c1-7-6-10(13)4-5-11(7)15-12(16)8(2)9(3)14;/h4-6,8-9H,14H2,1-3H3,(H,15,16);1H. The lowest BCUT2D eigenvalue weighted by molar-refractivity contribution is -0.119. The summed E-state index contributed by atoms with van der Waals surface area (Å²) in [5.41, 5.74) is 7.39. The quantitative estimate of drug-likeness (QED) is 0.892. The molecule has 2 unspecified atom stereocenters. The van der Waals surface area contributed by atoms with Crippen LogP contribution in [-0.2, 0) is 4.79 Å². The van der Waals surface area contributed by atoms with E-state index in [0.717, 1.165) is 11.3 Å². The molecular formula is C12H18Cl2N2O. The van der Waals surface area contributed by atoms with Crippen LogP contribution in [0, 0.1) is 12.8 Å². The third-order valence-electron chi connectivity index (χ3n) is 2.65.